The molecule has 1 aromatic heterocycles. The molecule has 0 spiro atoms. The first-order valence-electron chi connectivity index (χ1n) is 6.30. The third-order valence-corrected chi connectivity index (χ3v) is 2.84. The van der Waals surface area contributed by atoms with Gasteiger partial charge in [0.2, 0.25) is 5.91 Å². The summed E-state index contributed by atoms with van der Waals surface area (Å²) in [6.45, 7) is 2.03. The van der Waals surface area contributed by atoms with E-state index in [9.17, 15) is 9.18 Å². The predicted molar refractivity (Wildman–Crippen MR) is 76.3 cm³/mol. The van der Waals surface area contributed by atoms with Crippen molar-refractivity contribution in [1.29, 1.82) is 0 Å². The highest BCUT2D eigenvalue weighted by Gasteiger charge is 2.03. The molecule has 5 heteroatoms. The van der Waals surface area contributed by atoms with Crippen LogP contribution in [-0.2, 0) is 11.3 Å². The molecular formula is C15H16FN3O. The van der Waals surface area contributed by atoms with Gasteiger partial charge in [-0.15, -0.1) is 0 Å². The Bertz CT molecular complexity index is 619. The van der Waals surface area contributed by atoms with Gasteiger partial charge < -0.3 is 5.32 Å². The third kappa shape index (κ3) is 3.78. The van der Waals surface area contributed by atoms with Gasteiger partial charge in [0.25, 0.3) is 0 Å². The fourth-order valence-electron chi connectivity index (χ4n) is 1.80. The number of benzene rings is 1. The molecule has 0 atom stereocenters. The molecule has 1 amide bonds. The van der Waals surface area contributed by atoms with E-state index in [0.29, 0.717) is 12.4 Å². The monoisotopic (exact) mass is 273 g/mol. The molecule has 0 bridgehead atoms. The van der Waals surface area contributed by atoms with Crippen molar-refractivity contribution in [3.05, 3.63) is 59.8 Å². The van der Waals surface area contributed by atoms with Crippen molar-refractivity contribution in [3.63, 3.8) is 0 Å². The quantitative estimate of drug-likeness (QED) is 0.851. The fourth-order valence-corrected chi connectivity index (χ4v) is 1.80. The van der Waals surface area contributed by atoms with Gasteiger partial charge in [-0.2, -0.15) is 5.10 Å². The van der Waals surface area contributed by atoms with Crippen molar-refractivity contribution < 1.29 is 9.18 Å². The number of nitrogens with zero attached hydrogens (tertiary/aromatic N) is 2. The van der Waals surface area contributed by atoms with E-state index < -0.39 is 6.67 Å². The maximum Gasteiger partial charge on any atom is 0.249 e. The molecule has 0 radical (unpaired) electrons. The van der Waals surface area contributed by atoms with Gasteiger partial charge in [-0.25, -0.2) is 4.39 Å². The van der Waals surface area contributed by atoms with E-state index in [1.807, 2.05) is 31.2 Å². The van der Waals surface area contributed by atoms with Crippen LogP contribution in [-0.4, -0.2) is 22.4 Å². The van der Waals surface area contributed by atoms with Gasteiger partial charge in [0.1, 0.15) is 6.67 Å². The molecule has 0 aliphatic carbocycles. The lowest BCUT2D eigenvalue weighted by Gasteiger charge is -2.05. The number of halogens is 1. The summed E-state index contributed by atoms with van der Waals surface area (Å²) in [5, 5.41) is 6.82. The second-order valence-electron chi connectivity index (χ2n) is 4.37. The van der Waals surface area contributed by atoms with Crippen molar-refractivity contribution >= 4 is 11.7 Å². The zero-order valence-electron chi connectivity index (χ0n) is 11.2. The number of amides is 1. The van der Waals surface area contributed by atoms with Gasteiger partial charge >= 0.3 is 0 Å². The first-order valence-corrected chi connectivity index (χ1v) is 6.30. The Morgan fingerprint density at radius 1 is 1.40 bits per heavy atom. The summed E-state index contributed by atoms with van der Waals surface area (Å²) < 4.78 is 13.6. The van der Waals surface area contributed by atoms with Crippen molar-refractivity contribution in [1.82, 2.24) is 9.78 Å². The van der Waals surface area contributed by atoms with Crippen molar-refractivity contribution in [3.8, 4) is 0 Å². The second-order valence-corrected chi connectivity index (χ2v) is 4.37. The third-order valence-electron chi connectivity index (χ3n) is 2.84. The number of alkyl halides is 1. The summed E-state index contributed by atoms with van der Waals surface area (Å²) in [4.78, 5) is 11.4. The number of hydrogen-bond donors (Lipinski definition) is 1. The summed E-state index contributed by atoms with van der Waals surface area (Å²) >= 11 is 0. The number of nitrogens with one attached hydrogen (secondary N) is 1. The second kappa shape index (κ2) is 6.65. The number of aromatic nitrogens is 2. The summed E-state index contributed by atoms with van der Waals surface area (Å²) in [6.07, 6.45) is 4.10. The van der Waals surface area contributed by atoms with Crippen LogP contribution in [0, 0.1) is 6.92 Å². The van der Waals surface area contributed by atoms with E-state index in [4.69, 9.17) is 0 Å². The van der Waals surface area contributed by atoms with E-state index in [1.54, 1.807) is 16.9 Å². The van der Waals surface area contributed by atoms with E-state index >= 15 is 0 Å². The van der Waals surface area contributed by atoms with Crippen molar-refractivity contribution in [2.45, 2.75) is 13.5 Å². The van der Waals surface area contributed by atoms with Gasteiger partial charge in [0.05, 0.1) is 6.54 Å². The fraction of sp³-hybridized carbons (Fsp3) is 0.200. The van der Waals surface area contributed by atoms with Gasteiger partial charge in [-0.1, -0.05) is 24.3 Å². The summed E-state index contributed by atoms with van der Waals surface area (Å²) in [7, 11) is 0. The van der Waals surface area contributed by atoms with E-state index in [1.165, 1.54) is 11.1 Å². The first-order chi connectivity index (χ1) is 9.69. The van der Waals surface area contributed by atoms with Crippen LogP contribution in [0.25, 0.3) is 0 Å². The molecular weight excluding hydrogens is 257 g/mol. The standard InChI is InChI=1S/C15H16FN3O/c1-12-5-2-3-6-13(12)11-19-10-8-14(18-19)17-15(20)7-4-9-16/h2-8,10H,9,11H2,1H3,(H,17,18,20)/b7-4+. The Balaban J connectivity index is 2.01. The highest BCUT2D eigenvalue weighted by atomic mass is 19.1. The Kier molecular flexibility index (Phi) is 4.65. The van der Waals surface area contributed by atoms with Gasteiger partial charge in [-0.3, -0.25) is 9.48 Å². The van der Waals surface area contributed by atoms with Crippen LogP contribution >= 0.6 is 0 Å². The zero-order chi connectivity index (χ0) is 14.4. The number of carbonyl (C=O) groups excluding carboxylic acids is 1. The van der Waals surface area contributed by atoms with Crippen LogP contribution < -0.4 is 5.32 Å². The van der Waals surface area contributed by atoms with E-state index in [0.717, 1.165) is 12.2 Å². The Labute approximate surface area is 116 Å². The molecule has 0 aliphatic heterocycles. The molecule has 0 fully saturated rings. The largest absolute Gasteiger partial charge is 0.306 e. The molecule has 20 heavy (non-hydrogen) atoms. The minimum Gasteiger partial charge on any atom is -0.306 e. The normalized spacial score (nSPS) is 10.9. The molecule has 2 rings (SSSR count). The van der Waals surface area contributed by atoms with Crippen LogP contribution in [0.1, 0.15) is 11.1 Å². The molecule has 1 N–H and O–H groups in total. The smallest absolute Gasteiger partial charge is 0.249 e. The minimum atomic E-state index is -0.658. The maximum absolute atomic E-state index is 11.9. The molecule has 0 saturated heterocycles. The average Bonchev–Trinajstić information content (AvgIpc) is 2.86. The molecule has 0 aliphatic rings. The summed E-state index contributed by atoms with van der Waals surface area (Å²) in [5.41, 5.74) is 2.37. The lowest BCUT2D eigenvalue weighted by Crippen LogP contribution is -2.09. The Morgan fingerprint density at radius 2 is 2.20 bits per heavy atom. The molecule has 4 nitrogen and oxygen atoms in total. The SMILES string of the molecule is Cc1ccccc1Cn1ccc(NC(=O)/C=C/CF)n1. The zero-order valence-corrected chi connectivity index (χ0v) is 11.2. The lowest BCUT2D eigenvalue weighted by atomic mass is 10.1. The number of hydrogen-bond acceptors (Lipinski definition) is 2. The van der Waals surface area contributed by atoms with Crippen LogP contribution in [0.4, 0.5) is 10.2 Å². The Morgan fingerprint density at radius 3 is 2.95 bits per heavy atom. The van der Waals surface area contributed by atoms with Crippen LogP contribution in [0.2, 0.25) is 0 Å². The Hall–Kier alpha value is -2.43. The van der Waals surface area contributed by atoms with Crippen LogP contribution in [0.5, 0.6) is 0 Å². The van der Waals surface area contributed by atoms with Crippen molar-refractivity contribution in [2.24, 2.45) is 0 Å². The highest BCUT2D eigenvalue weighted by molar-refractivity contribution is 5.98. The summed E-state index contributed by atoms with van der Waals surface area (Å²) in [5.74, 6) is 0.0656. The van der Waals surface area contributed by atoms with Gasteiger partial charge in [0.15, 0.2) is 5.82 Å². The number of allylic oxidation sites excluding steroid dienone is 1. The van der Waals surface area contributed by atoms with Crippen LogP contribution in [0.3, 0.4) is 0 Å². The number of anilines is 1. The maximum atomic E-state index is 11.9. The molecule has 0 unspecified atom stereocenters. The van der Waals surface area contributed by atoms with E-state index in [2.05, 4.69) is 10.4 Å². The van der Waals surface area contributed by atoms with Crippen molar-refractivity contribution in [2.75, 3.05) is 12.0 Å². The predicted octanol–water partition coefficient (Wildman–Crippen LogP) is 2.70. The highest BCUT2D eigenvalue weighted by Crippen LogP contribution is 2.10. The average molecular weight is 273 g/mol. The van der Waals surface area contributed by atoms with Gasteiger partial charge in [0, 0.05) is 18.3 Å². The number of carbonyl (C=O) groups is 1. The molecule has 1 aromatic carbocycles. The van der Waals surface area contributed by atoms with Crippen LogP contribution in [0.15, 0.2) is 48.7 Å². The van der Waals surface area contributed by atoms with Gasteiger partial charge in [-0.05, 0) is 24.1 Å². The summed E-state index contributed by atoms with van der Waals surface area (Å²) in [6, 6.07) is 9.77. The number of aryl methyl sites for hydroxylation is 1. The molecule has 0 saturated carbocycles. The van der Waals surface area contributed by atoms with E-state index in [-0.39, 0.29) is 5.91 Å². The first kappa shape index (κ1) is 14.0. The topological polar surface area (TPSA) is 46.9 Å². The molecule has 2 aromatic rings. The molecule has 1 heterocycles. The minimum absolute atomic E-state index is 0.385. The molecule has 104 valence electrons. The number of rotatable bonds is 5. The lowest BCUT2D eigenvalue weighted by molar-refractivity contribution is -0.111.